The highest BCUT2D eigenvalue weighted by Gasteiger charge is 2.33. The van der Waals surface area contributed by atoms with Gasteiger partial charge in [0.25, 0.3) is 0 Å². The van der Waals surface area contributed by atoms with Crippen LogP contribution in [0, 0.1) is 24.1 Å². The van der Waals surface area contributed by atoms with Gasteiger partial charge in [-0.2, -0.15) is 18.4 Å². The predicted molar refractivity (Wildman–Crippen MR) is 45.5 cm³/mol. The van der Waals surface area contributed by atoms with Crippen molar-refractivity contribution in [2.75, 3.05) is 0 Å². The highest BCUT2D eigenvalue weighted by molar-refractivity contribution is 5.35. The zero-order valence-corrected chi connectivity index (χ0v) is 7.82. The molecule has 1 nitrogen and oxygen atoms in total. The maximum absolute atomic E-state index is 13.1. The monoisotopic (exact) mass is 217 g/mol. The molecule has 0 fully saturated rings. The molecule has 1 aromatic carbocycles. The van der Waals surface area contributed by atoms with E-state index < -0.39 is 17.6 Å². The van der Waals surface area contributed by atoms with E-state index in [0.717, 1.165) is 6.07 Å². The van der Waals surface area contributed by atoms with Gasteiger partial charge in [0, 0.05) is 5.56 Å². The Hall–Kier alpha value is -1.57. The fraction of sp³-hybridized carbons (Fsp3) is 0.300. The van der Waals surface area contributed by atoms with E-state index >= 15 is 0 Å². The molecular formula is C10H7F4N. The zero-order chi connectivity index (χ0) is 11.6. The first kappa shape index (κ1) is 11.5. The van der Waals surface area contributed by atoms with Gasteiger partial charge in [0.05, 0.1) is 18.1 Å². The van der Waals surface area contributed by atoms with Crippen molar-refractivity contribution in [1.82, 2.24) is 0 Å². The van der Waals surface area contributed by atoms with E-state index in [2.05, 4.69) is 0 Å². The molecule has 5 heteroatoms. The molecule has 0 saturated carbocycles. The normalized spacial score (nSPS) is 11.2. The Kier molecular flexibility index (Phi) is 2.98. The number of alkyl halides is 3. The van der Waals surface area contributed by atoms with Crippen molar-refractivity contribution in [2.24, 2.45) is 0 Å². The van der Waals surface area contributed by atoms with Crippen LogP contribution in [0.3, 0.4) is 0 Å². The molecule has 0 heterocycles. The smallest absolute Gasteiger partial charge is 0.207 e. The average molecular weight is 217 g/mol. The van der Waals surface area contributed by atoms with Gasteiger partial charge in [0.1, 0.15) is 5.82 Å². The van der Waals surface area contributed by atoms with Crippen molar-refractivity contribution in [3.05, 3.63) is 34.6 Å². The van der Waals surface area contributed by atoms with Crippen molar-refractivity contribution < 1.29 is 17.6 Å². The lowest BCUT2D eigenvalue weighted by Gasteiger charge is -2.11. The molecule has 0 saturated heterocycles. The third-order valence-electron chi connectivity index (χ3n) is 1.97. The minimum Gasteiger partial charge on any atom is -0.207 e. The predicted octanol–water partition coefficient (Wildman–Crippen LogP) is 3.22. The van der Waals surface area contributed by atoms with Crippen LogP contribution in [0.1, 0.15) is 16.7 Å². The maximum Gasteiger partial charge on any atom is 0.416 e. The molecule has 0 radical (unpaired) electrons. The number of aryl methyl sites for hydroxylation is 1. The lowest BCUT2D eigenvalue weighted by molar-refractivity contribution is -0.138. The lowest BCUT2D eigenvalue weighted by atomic mass is 10.0. The first-order valence-electron chi connectivity index (χ1n) is 4.09. The number of benzene rings is 1. The Morgan fingerprint density at radius 3 is 2.40 bits per heavy atom. The fourth-order valence-corrected chi connectivity index (χ4v) is 1.27. The van der Waals surface area contributed by atoms with Crippen LogP contribution in [-0.4, -0.2) is 0 Å². The third kappa shape index (κ3) is 2.46. The summed E-state index contributed by atoms with van der Waals surface area (Å²) in [6.45, 7) is 1.24. The maximum atomic E-state index is 13.1. The molecule has 0 bridgehead atoms. The number of nitrogens with zero attached hydrogens (tertiary/aromatic N) is 1. The Bertz CT molecular complexity index is 415. The van der Waals surface area contributed by atoms with Gasteiger partial charge in [0.2, 0.25) is 0 Å². The van der Waals surface area contributed by atoms with Crippen LogP contribution in [0.2, 0.25) is 0 Å². The largest absolute Gasteiger partial charge is 0.416 e. The van der Waals surface area contributed by atoms with Gasteiger partial charge in [-0.25, -0.2) is 4.39 Å². The molecule has 0 spiro atoms. The Labute approximate surface area is 83.9 Å². The van der Waals surface area contributed by atoms with Gasteiger partial charge in [0.15, 0.2) is 0 Å². The highest BCUT2D eigenvalue weighted by Crippen LogP contribution is 2.33. The third-order valence-corrected chi connectivity index (χ3v) is 1.97. The number of hydrogen-bond donors (Lipinski definition) is 0. The van der Waals surface area contributed by atoms with Gasteiger partial charge in [-0.1, -0.05) is 6.07 Å². The van der Waals surface area contributed by atoms with Crippen LogP contribution in [0.5, 0.6) is 0 Å². The average Bonchev–Trinajstić information content (AvgIpc) is 2.09. The van der Waals surface area contributed by atoms with Crippen molar-refractivity contribution in [3.8, 4) is 6.07 Å². The van der Waals surface area contributed by atoms with Crippen molar-refractivity contribution in [3.63, 3.8) is 0 Å². The summed E-state index contributed by atoms with van der Waals surface area (Å²) in [7, 11) is 0. The molecule has 0 aliphatic heterocycles. The summed E-state index contributed by atoms with van der Waals surface area (Å²) in [5.41, 5.74) is -1.08. The Morgan fingerprint density at radius 1 is 1.33 bits per heavy atom. The fourth-order valence-electron chi connectivity index (χ4n) is 1.27. The van der Waals surface area contributed by atoms with Gasteiger partial charge < -0.3 is 0 Å². The number of halogens is 4. The highest BCUT2D eigenvalue weighted by atomic mass is 19.4. The Morgan fingerprint density at radius 2 is 1.93 bits per heavy atom. The summed E-state index contributed by atoms with van der Waals surface area (Å²) < 4.78 is 50.0. The molecule has 0 amide bonds. The van der Waals surface area contributed by atoms with Gasteiger partial charge >= 0.3 is 6.18 Å². The van der Waals surface area contributed by atoms with E-state index in [1.165, 1.54) is 6.92 Å². The van der Waals surface area contributed by atoms with Crippen molar-refractivity contribution in [1.29, 1.82) is 5.26 Å². The van der Waals surface area contributed by atoms with E-state index in [0.29, 0.717) is 6.07 Å². The van der Waals surface area contributed by atoms with Gasteiger partial charge in [-0.15, -0.1) is 0 Å². The second-order valence-electron chi connectivity index (χ2n) is 3.09. The minimum absolute atomic E-state index is 0.0111. The van der Waals surface area contributed by atoms with Crippen LogP contribution in [0.15, 0.2) is 12.1 Å². The summed E-state index contributed by atoms with van der Waals surface area (Å²) in [6, 6.07) is 3.18. The topological polar surface area (TPSA) is 23.8 Å². The SMILES string of the molecule is Cc1cc(CC#N)c(F)cc1C(F)(F)F. The molecule has 1 rings (SSSR count). The number of rotatable bonds is 1. The lowest BCUT2D eigenvalue weighted by Crippen LogP contribution is -2.09. The van der Waals surface area contributed by atoms with Crippen LogP contribution >= 0.6 is 0 Å². The molecule has 0 atom stereocenters. The summed E-state index contributed by atoms with van der Waals surface area (Å²) in [5, 5.41) is 8.33. The van der Waals surface area contributed by atoms with Crippen LogP contribution < -0.4 is 0 Å². The molecule has 0 N–H and O–H groups in total. The van der Waals surface area contributed by atoms with E-state index in [1.807, 2.05) is 0 Å². The molecule has 1 aromatic rings. The van der Waals surface area contributed by atoms with Crippen LogP contribution in [-0.2, 0) is 12.6 Å². The number of hydrogen-bond acceptors (Lipinski definition) is 1. The first-order valence-corrected chi connectivity index (χ1v) is 4.09. The Balaban J connectivity index is 3.27. The van der Waals surface area contributed by atoms with Crippen molar-refractivity contribution in [2.45, 2.75) is 19.5 Å². The summed E-state index contributed by atoms with van der Waals surface area (Å²) in [6.07, 6.45) is -4.79. The van der Waals surface area contributed by atoms with Crippen molar-refractivity contribution >= 4 is 0 Å². The second kappa shape index (κ2) is 3.89. The second-order valence-corrected chi connectivity index (χ2v) is 3.09. The van der Waals surface area contributed by atoms with E-state index in [4.69, 9.17) is 5.26 Å². The van der Waals surface area contributed by atoms with E-state index in [-0.39, 0.29) is 17.5 Å². The molecule has 0 unspecified atom stereocenters. The quantitative estimate of drug-likeness (QED) is 0.662. The molecular weight excluding hydrogens is 210 g/mol. The molecule has 0 aromatic heterocycles. The molecule has 0 aliphatic carbocycles. The zero-order valence-electron chi connectivity index (χ0n) is 7.82. The molecule has 0 aliphatic rings. The summed E-state index contributed by atoms with van der Waals surface area (Å²) in [5.74, 6) is -0.991. The van der Waals surface area contributed by atoms with Crippen LogP contribution in [0.25, 0.3) is 0 Å². The van der Waals surface area contributed by atoms with Crippen LogP contribution in [0.4, 0.5) is 17.6 Å². The van der Waals surface area contributed by atoms with E-state index in [9.17, 15) is 17.6 Å². The van der Waals surface area contributed by atoms with E-state index in [1.54, 1.807) is 6.07 Å². The summed E-state index contributed by atoms with van der Waals surface area (Å²) >= 11 is 0. The van der Waals surface area contributed by atoms with Gasteiger partial charge in [-0.05, 0) is 18.6 Å². The standard InChI is InChI=1S/C10H7F4N/c1-6-4-7(2-3-15)9(11)5-8(6)10(12,13)14/h4-5H,2H2,1H3. The minimum atomic E-state index is -4.56. The molecule has 15 heavy (non-hydrogen) atoms. The van der Waals surface area contributed by atoms with Gasteiger partial charge in [-0.3, -0.25) is 0 Å². The molecule has 80 valence electrons. The summed E-state index contributed by atoms with van der Waals surface area (Å²) in [4.78, 5) is 0. The number of nitriles is 1. The first-order chi connectivity index (χ1) is 6.86.